The SMILES string of the molecule is CS(=O)(=O)Nc1ccc(Cl)cc1C(=O)NC1C2CCCC1CC(N)C2.Cl. The third-order valence-electron chi connectivity index (χ3n) is 5.20. The molecule has 2 fully saturated rings. The summed E-state index contributed by atoms with van der Waals surface area (Å²) in [6, 6.07) is 4.86. The average molecular weight is 422 g/mol. The van der Waals surface area contributed by atoms with E-state index in [0.717, 1.165) is 31.9 Å². The minimum Gasteiger partial charge on any atom is -0.349 e. The maximum Gasteiger partial charge on any atom is 0.253 e. The number of sulfonamides is 1. The van der Waals surface area contributed by atoms with E-state index < -0.39 is 10.0 Å². The van der Waals surface area contributed by atoms with Crippen LogP contribution < -0.4 is 15.8 Å². The first-order valence-electron chi connectivity index (χ1n) is 8.57. The molecule has 146 valence electrons. The third kappa shape index (κ3) is 5.03. The minimum absolute atomic E-state index is 0. The van der Waals surface area contributed by atoms with Crippen molar-refractivity contribution >= 4 is 45.6 Å². The van der Waals surface area contributed by atoms with Crippen molar-refractivity contribution in [2.45, 2.75) is 44.2 Å². The molecular weight excluding hydrogens is 397 g/mol. The molecule has 0 spiro atoms. The molecule has 0 heterocycles. The van der Waals surface area contributed by atoms with Gasteiger partial charge in [-0.1, -0.05) is 18.0 Å². The summed E-state index contributed by atoms with van der Waals surface area (Å²) in [6.07, 6.45) is 6.21. The highest BCUT2D eigenvalue weighted by Crippen LogP contribution is 2.40. The summed E-state index contributed by atoms with van der Waals surface area (Å²) >= 11 is 6.02. The Morgan fingerprint density at radius 2 is 1.85 bits per heavy atom. The second kappa shape index (κ2) is 8.33. The fourth-order valence-corrected chi connectivity index (χ4v) is 5.00. The van der Waals surface area contributed by atoms with Crippen LogP contribution in [-0.2, 0) is 10.0 Å². The number of hydrogen-bond donors (Lipinski definition) is 3. The van der Waals surface area contributed by atoms with Crippen LogP contribution in [0.4, 0.5) is 5.69 Å². The lowest BCUT2D eigenvalue weighted by Crippen LogP contribution is -2.53. The zero-order valence-corrected chi connectivity index (χ0v) is 17.0. The fourth-order valence-electron chi connectivity index (χ4n) is 4.25. The Bertz CT molecular complexity index is 759. The molecule has 0 saturated heterocycles. The lowest BCUT2D eigenvalue weighted by Gasteiger charge is -2.45. The van der Waals surface area contributed by atoms with Crippen LogP contribution >= 0.6 is 24.0 Å². The van der Waals surface area contributed by atoms with Gasteiger partial charge < -0.3 is 11.1 Å². The number of benzene rings is 1. The van der Waals surface area contributed by atoms with Crippen LogP contribution in [0.5, 0.6) is 0 Å². The highest BCUT2D eigenvalue weighted by Gasteiger charge is 2.40. The summed E-state index contributed by atoms with van der Waals surface area (Å²) < 4.78 is 25.5. The first-order chi connectivity index (χ1) is 11.7. The number of amides is 1. The number of nitrogens with one attached hydrogen (secondary N) is 2. The smallest absolute Gasteiger partial charge is 0.253 e. The van der Waals surface area contributed by atoms with Crippen molar-refractivity contribution < 1.29 is 13.2 Å². The molecule has 2 bridgehead atoms. The van der Waals surface area contributed by atoms with Gasteiger partial charge in [0, 0.05) is 17.1 Å². The number of anilines is 1. The van der Waals surface area contributed by atoms with Crippen molar-refractivity contribution in [2.24, 2.45) is 17.6 Å². The molecule has 1 aromatic rings. The highest BCUT2D eigenvalue weighted by molar-refractivity contribution is 7.92. The Morgan fingerprint density at radius 3 is 2.42 bits per heavy atom. The number of fused-ring (bicyclic) bond motifs is 2. The number of rotatable bonds is 4. The number of hydrogen-bond acceptors (Lipinski definition) is 4. The first-order valence-corrected chi connectivity index (χ1v) is 10.8. The minimum atomic E-state index is -3.49. The summed E-state index contributed by atoms with van der Waals surface area (Å²) in [4.78, 5) is 12.8. The Hall–Kier alpha value is -1.02. The van der Waals surface area contributed by atoms with E-state index in [-0.39, 0.29) is 41.6 Å². The molecular formula is C17H25Cl2N3O3S. The predicted octanol–water partition coefficient (Wildman–Crippen LogP) is 2.77. The lowest BCUT2D eigenvalue weighted by molar-refractivity contribution is 0.0757. The number of nitrogens with two attached hydrogens (primary N) is 1. The van der Waals surface area contributed by atoms with Crippen molar-refractivity contribution in [3.63, 3.8) is 0 Å². The van der Waals surface area contributed by atoms with Gasteiger partial charge in [-0.2, -0.15) is 0 Å². The molecule has 9 heteroatoms. The van der Waals surface area contributed by atoms with Crippen LogP contribution in [0.3, 0.4) is 0 Å². The maximum absolute atomic E-state index is 12.8. The predicted molar refractivity (Wildman–Crippen MR) is 106 cm³/mol. The van der Waals surface area contributed by atoms with Gasteiger partial charge in [-0.15, -0.1) is 12.4 Å². The van der Waals surface area contributed by atoms with E-state index in [1.165, 1.54) is 18.6 Å². The monoisotopic (exact) mass is 421 g/mol. The molecule has 2 saturated carbocycles. The Balaban J connectivity index is 0.00000243. The topological polar surface area (TPSA) is 101 Å². The van der Waals surface area contributed by atoms with Gasteiger partial charge in [-0.3, -0.25) is 9.52 Å². The molecule has 3 rings (SSSR count). The highest BCUT2D eigenvalue weighted by atomic mass is 35.5. The Morgan fingerprint density at radius 1 is 1.23 bits per heavy atom. The van der Waals surface area contributed by atoms with Crippen molar-refractivity contribution in [1.82, 2.24) is 5.32 Å². The lowest BCUT2D eigenvalue weighted by atomic mass is 9.67. The van der Waals surface area contributed by atoms with E-state index in [0.29, 0.717) is 16.9 Å². The summed E-state index contributed by atoms with van der Waals surface area (Å²) in [5, 5.41) is 3.51. The molecule has 0 aliphatic heterocycles. The Kier molecular flexibility index (Phi) is 6.82. The summed E-state index contributed by atoms with van der Waals surface area (Å²) in [7, 11) is -3.49. The first kappa shape index (κ1) is 21.3. The molecule has 2 atom stereocenters. The van der Waals surface area contributed by atoms with Gasteiger partial charge in [0.25, 0.3) is 5.91 Å². The molecule has 1 amide bonds. The second-order valence-corrected chi connectivity index (χ2v) is 9.43. The van der Waals surface area contributed by atoms with Gasteiger partial charge in [-0.25, -0.2) is 8.42 Å². The van der Waals surface area contributed by atoms with Crippen LogP contribution in [0.2, 0.25) is 5.02 Å². The molecule has 4 N–H and O–H groups in total. The fraction of sp³-hybridized carbons (Fsp3) is 0.588. The standard InChI is InChI=1S/C17H24ClN3O3S.ClH/c1-25(23,24)21-15-6-5-12(18)9-14(15)17(22)20-16-10-3-2-4-11(16)8-13(19)7-10;/h5-6,9-11,13,16,21H,2-4,7-8,19H2,1H3,(H,20,22);1H. The largest absolute Gasteiger partial charge is 0.349 e. The molecule has 0 radical (unpaired) electrons. The van der Waals surface area contributed by atoms with E-state index in [9.17, 15) is 13.2 Å². The van der Waals surface area contributed by atoms with Gasteiger partial charge >= 0.3 is 0 Å². The normalized spacial score (nSPS) is 28.0. The number of halogens is 2. The summed E-state index contributed by atoms with van der Waals surface area (Å²) in [6.45, 7) is 0. The average Bonchev–Trinajstić information content (AvgIpc) is 2.48. The number of carbonyl (C=O) groups excluding carboxylic acids is 1. The van der Waals surface area contributed by atoms with Crippen molar-refractivity contribution in [3.05, 3.63) is 28.8 Å². The van der Waals surface area contributed by atoms with Crippen molar-refractivity contribution in [3.8, 4) is 0 Å². The van der Waals surface area contributed by atoms with Gasteiger partial charge in [0.05, 0.1) is 17.5 Å². The Labute approximate surface area is 165 Å². The zero-order chi connectivity index (χ0) is 18.2. The van der Waals surface area contributed by atoms with Gasteiger partial charge in [0.2, 0.25) is 10.0 Å². The van der Waals surface area contributed by atoms with Crippen LogP contribution in [0, 0.1) is 11.8 Å². The maximum atomic E-state index is 12.8. The van der Waals surface area contributed by atoms with E-state index in [2.05, 4.69) is 10.0 Å². The molecule has 1 aromatic carbocycles. The quantitative estimate of drug-likeness (QED) is 0.695. The number of carbonyl (C=O) groups is 1. The third-order valence-corrected chi connectivity index (χ3v) is 6.02. The van der Waals surface area contributed by atoms with E-state index in [1.807, 2.05) is 0 Å². The van der Waals surface area contributed by atoms with Crippen molar-refractivity contribution in [2.75, 3.05) is 11.0 Å². The molecule has 2 aliphatic carbocycles. The van der Waals surface area contributed by atoms with Crippen LogP contribution in [0.1, 0.15) is 42.5 Å². The van der Waals surface area contributed by atoms with E-state index in [1.54, 1.807) is 6.07 Å². The summed E-state index contributed by atoms with van der Waals surface area (Å²) in [5.41, 5.74) is 6.62. The molecule has 2 aliphatic rings. The van der Waals surface area contributed by atoms with Crippen molar-refractivity contribution in [1.29, 1.82) is 0 Å². The van der Waals surface area contributed by atoms with Crippen LogP contribution in [0.25, 0.3) is 0 Å². The van der Waals surface area contributed by atoms with Crippen LogP contribution in [0.15, 0.2) is 18.2 Å². The molecule has 0 aromatic heterocycles. The van der Waals surface area contributed by atoms with Crippen LogP contribution in [-0.4, -0.2) is 32.7 Å². The van der Waals surface area contributed by atoms with E-state index >= 15 is 0 Å². The molecule has 26 heavy (non-hydrogen) atoms. The molecule has 6 nitrogen and oxygen atoms in total. The van der Waals surface area contributed by atoms with Gasteiger partial charge in [-0.05, 0) is 55.7 Å². The van der Waals surface area contributed by atoms with E-state index in [4.69, 9.17) is 17.3 Å². The molecule has 2 unspecified atom stereocenters. The second-order valence-electron chi connectivity index (χ2n) is 7.25. The van der Waals surface area contributed by atoms with Gasteiger partial charge in [0.1, 0.15) is 0 Å². The van der Waals surface area contributed by atoms with Gasteiger partial charge in [0.15, 0.2) is 0 Å². The zero-order valence-electron chi connectivity index (χ0n) is 14.6. The summed E-state index contributed by atoms with van der Waals surface area (Å²) in [5.74, 6) is 0.472.